The SMILES string of the molecule is C[C@@H](NCc1cccnc1C#N)c1ccco1. The average Bonchev–Trinajstić information content (AvgIpc) is 2.90. The van der Waals surface area contributed by atoms with E-state index in [4.69, 9.17) is 9.68 Å². The van der Waals surface area contributed by atoms with Crippen LogP contribution < -0.4 is 5.32 Å². The summed E-state index contributed by atoms with van der Waals surface area (Å²) >= 11 is 0. The monoisotopic (exact) mass is 227 g/mol. The highest BCUT2D eigenvalue weighted by Crippen LogP contribution is 2.13. The Hall–Kier alpha value is -2.12. The molecule has 0 saturated carbocycles. The van der Waals surface area contributed by atoms with Gasteiger partial charge in [-0.15, -0.1) is 0 Å². The van der Waals surface area contributed by atoms with Crippen LogP contribution in [0.5, 0.6) is 0 Å². The van der Waals surface area contributed by atoms with Crippen molar-refractivity contribution < 1.29 is 4.42 Å². The molecule has 0 unspecified atom stereocenters. The number of furan rings is 1. The molecule has 1 atom stereocenters. The van der Waals surface area contributed by atoms with Crippen molar-refractivity contribution in [3.63, 3.8) is 0 Å². The van der Waals surface area contributed by atoms with Gasteiger partial charge in [-0.05, 0) is 25.1 Å². The van der Waals surface area contributed by atoms with Crippen LogP contribution in [0.15, 0.2) is 41.1 Å². The molecule has 0 radical (unpaired) electrons. The number of nitriles is 1. The van der Waals surface area contributed by atoms with Gasteiger partial charge in [0, 0.05) is 18.3 Å². The van der Waals surface area contributed by atoms with Crippen LogP contribution in [0.25, 0.3) is 0 Å². The van der Waals surface area contributed by atoms with Gasteiger partial charge in [-0.25, -0.2) is 4.98 Å². The van der Waals surface area contributed by atoms with E-state index in [9.17, 15) is 0 Å². The van der Waals surface area contributed by atoms with E-state index in [1.165, 1.54) is 0 Å². The minimum Gasteiger partial charge on any atom is -0.468 e. The number of rotatable bonds is 4. The molecule has 0 aliphatic rings. The molecule has 2 aromatic heterocycles. The minimum absolute atomic E-state index is 0.108. The first-order valence-corrected chi connectivity index (χ1v) is 5.42. The fraction of sp³-hybridized carbons (Fsp3) is 0.231. The molecule has 2 heterocycles. The number of hydrogen-bond acceptors (Lipinski definition) is 4. The molecule has 0 amide bonds. The second-order valence-electron chi connectivity index (χ2n) is 3.74. The quantitative estimate of drug-likeness (QED) is 0.871. The first kappa shape index (κ1) is 11.4. The summed E-state index contributed by atoms with van der Waals surface area (Å²) in [6.45, 7) is 2.61. The first-order chi connectivity index (χ1) is 8.31. The Balaban J connectivity index is 2.01. The highest BCUT2D eigenvalue weighted by molar-refractivity contribution is 5.30. The molecule has 0 bridgehead atoms. The van der Waals surface area contributed by atoms with Gasteiger partial charge in [0.2, 0.25) is 0 Å². The number of hydrogen-bond donors (Lipinski definition) is 1. The topological polar surface area (TPSA) is 61.9 Å². The number of nitrogens with zero attached hydrogens (tertiary/aromatic N) is 2. The van der Waals surface area contributed by atoms with Gasteiger partial charge in [0.15, 0.2) is 0 Å². The normalized spacial score (nSPS) is 12.0. The Morgan fingerprint density at radius 3 is 3.06 bits per heavy atom. The minimum atomic E-state index is 0.108. The van der Waals surface area contributed by atoms with Gasteiger partial charge in [-0.3, -0.25) is 0 Å². The molecule has 4 heteroatoms. The van der Waals surface area contributed by atoms with E-state index in [0.29, 0.717) is 12.2 Å². The maximum absolute atomic E-state index is 8.91. The van der Waals surface area contributed by atoms with Crippen LogP contribution in [0.1, 0.15) is 30.0 Å². The predicted molar refractivity (Wildman–Crippen MR) is 62.9 cm³/mol. The van der Waals surface area contributed by atoms with Crippen LogP contribution in [0.3, 0.4) is 0 Å². The summed E-state index contributed by atoms with van der Waals surface area (Å²) in [5.74, 6) is 0.882. The third-order valence-electron chi connectivity index (χ3n) is 2.57. The average molecular weight is 227 g/mol. The lowest BCUT2D eigenvalue weighted by Crippen LogP contribution is -2.18. The highest BCUT2D eigenvalue weighted by Gasteiger charge is 2.08. The Morgan fingerprint density at radius 1 is 1.47 bits per heavy atom. The lowest BCUT2D eigenvalue weighted by Gasteiger charge is -2.11. The molecule has 0 aliphatic carbocycles. The van der Waals surface area contributed by atoms with E-state index in [1.807, 2.05) is 31.2 Å². The zero-order valence-corrected chi connectivity index (χ0v) is 9.55. The number of nitrogens with one attached hydrogen (secondary N) is 1. The summed E-state index contributed by atoms with van der Waals surface area (Å²) in [4.78, 5) is 4.01. The van der Waals surface area contributed by atoms with Crippen LogP contribution in [0, 0.1) is 11.3 Å². The van der Waals surface area contributed by atoms with Crippen LogP contribution in [0.4, 0.5) is 0 Å². The van der Waals surface area contributed by atoms with Crippen molar-refractivity contribution in [2.45, 2.75) is 19.5 Å². The molecule has 0 saturated heterocycles. The third kappa shape index (κ3) is 2.71. The molecule has 1 N–H and O–H groups in total. The molecule has 0 fully saturated rings. The van der Waals surface area contributed by atoms with E-state index >= 15 is 0 Å². The van der Waals surface area contributed by atoms with Gasteiger partial charge >= 0.3 is 0 Å². The summed E-state index contributed by atoms with van der Waals surface area (Å²) in [5, 5.41) is 12.2. The van der Waals surface area contributed by atoms with Gasteiger partial charge in [-0.2, -0.15) is 5.26 Å². The van der Waals surface area contributed by atoms with E-state index in [0.717, 1.165) is 11.3 Å². The summed E-state index contributed by atoms with van der Waals surface area (Å²) in [6.07, 6.45) is 3.27. The standard InChI is InChI=1S/C13H13N3O/c1-10(13-5-3-7-17-13)16-9-11-4-2-6-15-12(11)8-14/h2-7,10,16H,9H2,1H3/t10-/m1/s1. The van der Waals surface area contributed by atoms with Crippen molar-refractivity contribution in [2.75, 3.05) is 0 Å². The van der Waals surface area contributed by atoms with Gasteiger partial charge in [-0.1, -0.05) is 6.07 Å². The predicted octanol–water partition coefficient (Wildman–Crippen LogP) is 2.40. The maximum Gasteiger partial charge on any atom is 0.144 e. The summed E-state index contributed by atoms with van der Waals surface area (Å²) in [6, 6.07) is 9.69. The molecule has 0 aliphatic heterocycles. The summed E-state index contributed by atoms with van der Waals surface area (Å²) in [5.41, 5.74) is 1.36. The summed E-state index contributed by atoms with van der Waals surface area (Å²) < 4.78 is 5.30. The zero-order chi connectivity index (χ0) is 12.1. The Bertz CT molecular complexity index is 514. The lowest BCUT2D eigenvalue weighted by atomic mass is 10.2. The molecule has 17 heavy (non-hydrogen) atoms. The van der Waals surface area contributed by atoms with Gasteiger partial charge in [0.25, 0.3) is 0 Å². The largest absolute Gasteiger partial charge is 0.468 e. The summed E-state index contributed by atoms with van der Waals surface area (Å²) in [7, 11) is 0. The lowest BCUT2D eigenvalue weighted by molar-refractivity contribution is 0.430. The van der Waals surface area contributed by atoms with Crippen molar-refractivity contribution in [1.29, 1.82) is 5.26 Å². The van der Waals surface area contributed by atoms with E-state index in [-0.39, 0.29) is 6.04 Å². The number of aromatic nitrogens is 1. The van der Waals surface area contributed by atoms with Crippen LogP contribution in [0.2, 0.25) is 0 Å². The molecular formula is C13H13N3O. The third-order valence-corrected chi connectivity index (χ3v) is 2.57. The zero-order valence-electron chi connectivity index (χ0n) is 9.55. The fourth-order valence-electron chi connectivity index (χ4n) is 1.58. The molecule has 4 nitrogen and oxygen atoms in total. The first-order valence-electron chi connectivity index (χ1n) is 5.42. The second kappa shape index (κ2) is 5.28. The van der Waals surface area contributed by atoms with Crippen LogP contribution in [-0.4, -0.2) is 4.98 Å². The van der Waals surface area contributed by atoms with Crippen molar-refractivity contribution >= 4 is 0 Å². The van der Waals surface area contributed by atoms with Crippen molar-refractivity contribution in [3.8, 4) is 6.07 Å². The van der Waals surface area contributed by atoms with Crippen molar-refractivity contribution in [2.24, 2.45) is 0 Å². The van der Waals surface area contributed by atoms with Crippen molar-refractivity contribution in [3.05, 3.63) is 53.7 Å². The van der Waals surface area contributed by atoms with Crippen molar-refractivity contribution in [1.82, 2.24) is 10.3 Å². The van der Waals surface area contributed by atoms with E-state index in [1.54, 1.807) is 12.5 Å². The van der Waals surface area contributed by atoms with Gasteiger partial charge < -0.3 is 9.73 Å². The molecule has 0 aromatic carbocycles. The van der Waals surface area contributed by atoms with Gasteiger partial charge in [0.1, 0.15) is 17.5 Å². The Kier molecular flexibility index (Phi) is 3.53. The fourth-order valence-corrected chi connectivity index (χ4v) is 1.58. The highest BCUT2D eigenvalue weighted by atomic mass is 16.3. The van der Waals surface area contributed by atoms with Crippen LogP contribution in [-0.2, 0) is 6.54 Å². The Labute approximate surface area is 99.9 Å². The molecule has 2 rings (SSSR count). The maximum atomic E-state index is 8.91. The smallest absolute Gasteiger partial charge is 0.144 e. The second-order valence-corrected chi connectivity index (χ2v) is 3.74. The van der Waals surface area contributed by atoms with E-state index < -0.39 is 0 Å². The van der Waals surface area contributed by atoms with Crippen LogP contribution >= 0.6 is 0 Å². The molecule has 2 aromatic rings. The van der Waals surface area contributed by atoms with Gasteiger partial charge in [0.05, 0.1) is 12.3 Å². The molecule has 86 valence electrons. The number of pyridine rings is 1. The molecule has 0 spiro atoms. The van der Waals surface area contributed by atoms with E-state index in [2.05, 4.69) is 16.4 Å². The molecular weight excluding hydrogens is 214 g/mol. The Morgan fingerprint density at radius 2 is 2.35 bits per heavy atom.